The first-order valence-corrected chi connectivity index (χ1v) is 5.98. The number of fused-ring (bicyclic) bond motifs is 1. The second-order valence-corrected chi connectivity index (χ2v) is 4.93. The molecule has 0 amide bonds. The lowest BCUT2D eigenvalue weighted by atomic mass is 10.0. The molecule has 1 heterocycles. The van der Waals surface area contributed by atoms with Gasteiger partial charge in [-0.05, 0) is 42.2 Å². The van der Waals surface area contributed by atoms with E-state index in [2.05, 4.69) is 30.3 Å². The van der Waals surface area contributed by atoms with Gasteiger partial charge in [-0.25, -0.2) is 10.8 Å². The van der Waals surface area contributed by atoms with E-state index in [1.165, 1.54) is 0 Å². The van der Waals surface area contributed by atoms with Crippen LogP contribution in [0.15, 0.2) is 18.2 Å². The predicted octanol–water partition coefficient (Wildman–Crippen LogP) is 3.61. The number of nitrogens with one attached hydrogen (secondary N) is 1. The first-order chi connectivity index (χ1) is 8.02. The lowest BCUT2D eigenvalue weighted by Crippen LogP contribution is -2.12. The monoisotopic (exact) mass is 249 g/mol. The number of aromatic nitrogens is 1. The van der Waals surface area contributed by atoms with Gasteiger partial charge < -0.3 is 5.43 Å². The number of hydrazine groups is 1. The first-order valence-electron chi connectivity index (χ1n) is 5.60. The number of halogens is 1. The number of hydrogen-bond acceptors (Lipinski definition) is 3. The minimum Gasteiger partial charge on any atom is -0.308 e. The second-order valence-electron chi connectivity index (χ2n) is 4.52. The average Bonchev–Trinajstić information content (AvgIpc) is 2.29. The minimum absolute atomic E-state index is 0.359. The summed E-state index contributed by atoms with van der Waals surface area (Å²) < 4.78 is 0. The highest BCUT2D eigenvalue weighted by Gasteiger charge is 2.10. The summed E-state index contributed by atoms with van der Waals surface area (Å²) in [4.78, 5) is 4.52. The molecule has 0 atom stereocenters. The normalized spacial score (nSPS) is 11.2. The molecule has 0 fully saturated rings. The Kier molecular flexibility index (Phi) is 3.22. The third kappa shape index (κ3) is 2.21. The number of anilines is 1. The van der Waals surface area contributed by atoms with Crippen molar-refractivity contribution in [2.45, 2.75) is 26.7 Å². The molecular formula is C13H16ClN3. The number of hydrogen-bond donors (Lipinski definition) is 2. The summed E-state index contributed by atoms with van der Waals surface area (Å²) in [5.41, 5.74) is 5.68. The van der Waals surface area contributed by atoms with Crippen LogP contribution < -0.4 is 11.3 Å². The number of nitrogen functional groups attached to an aromatic ring is 1. The number of nitrogens with zero attached hydrogens (tertiary/aromatic N) is 1. The molecule has 3 nitrogen and oxygen atoms in total. The maximum atomic E-state index is 6.13. The molecule has 2 aromatic rings. The van der Waals surface area contributed by atoms with Crippen molar-refractivity contribution in [1.29, 1.82) is 0 Å². The number of benzene rings is 1. The van der Waals surface area contributed by atoms with Gasteiger partial charge in [-0.3, -0.25) is 0 Å². The minimum atomic E-state index is 0.359. The molecule has 0 saturated carbocycles. The van der Waals surface area contributed by atoms with Crippen LogP contribution in [-0.4, -0.2) is 4.98 Å². The lowest BCUT2D eigenvalue weighted by Gasteiger charge is -2.13. The molecule has 1 aromatic heterocycles. The molecule has 1 aromatic carbocycles. The van der Waals surface area contributed by atoms with Crippen LogP contribution >= 0.6 is 11.6 Å². The zero-order chi connectivity index (χ0) is 12.6. The van der Waals surface area contributed by atoms with E-state index in [0.29, 0.717) is 5.92 Å². The predicted molar refractivity (Wildman–Crippen MR) is 73.4 cm³/mol. The van der Waals surface area contributed by atoms with E-state index in [9.17, 15) is 0 Å². The summed E-state index contributed by atoms with van der Waals surface area (Å²) in [6.07, 6.45) is 0. The number of rotatable bonds is 2. The van der Waals surface area contributed by atoms with Crippen LogP contribution in [0, 0.1) is 6.92 Å². The molecule has 0 aliphatic heterocycles. The molecule has 0 radical (unpaired) electrons. The molecule has 0 spiro atoms. The van der Waals surface area contributed by atoms with Crippen LogP contribution in [0.25, 0.3) is 10.9 Å². The van der Waals surface area contributed by atoms with Gasteiger partial charge in [0.25, 0.3) is 0 Å². The zero-order valence-corrected chi connectivity index (χ0v) is 11.0. The topological polar surface area (TPSA) is 50.9 Å². The van der Waals surface area contributed by atoms with Gasteiger partial charge in [-0.15, -0.1) is 0 Å². The highest BCUT2D eigenvalue weighted by atomic mass is 35.5. The van der Waals surface area contributed by atoms with E-state index < -0.39 is 0 Å². The van der Waals surface area contributed by atoms with Crippen molar-refractivity contribution < 1.29 is 0 Å². The maximum Gasteiger partial charge on any atom is 0.144 e. The Balaban J connectivity index is 2.74. The van der Waals surface area contributed by atoms with Crippen LogP contribution in [0.2, 0.25) is 5.02 Å². The van der Waals surface area contributed by atoms with Gasteiger partial charge in [-0.1, -0.05) is 25.4 Å². The Morgan fingerprint density at radius 2 is 2.00 bits per heavy atom. The largest absolute Gasteiger partial charge is 0.308 e. The van der Waals surface area contributed by atoms with E-state index in [1.807, 2.05) is 19.1 Å². The average molecular weight is 250 g/mol. The van der Waals surface area contributed by atoms with Crippen LogP contribution in [0.1, 0.15) is 30.9 Å². The highest BCUT2D eigenvalue weighted by Crippen LogP contribution is 2.29. The molecule has 0 aliphatic carbocycles. The fraction of sp³-hybridized carbons (Fsp3) is 0.308. The lowest BCUT2D eigenvalue weighted by molar-refractivity contribution is 0.862. The Morgan fingerprint density at radius 3 is 2.59 bits per heavy atom. The Bertz CT molecular complexity index is 564. The fourth-order valence-corrected chi connectivity index (χ4v) is 2.04. The highest BCUT2D eigenvalue weighted by molar-refractivity contribution is 6.32. The number of pyridine rings is 1. The van der Waals surface area contributed by atoms with E-state index >= 15 is 0 Å². The van der Waals surface area contributed by atoms with Crippen molar-refractivity contribution in [3.8, 4) is 0 Å². The molecule has 2 rings (SSSR count). The van der Waals surface area contributed by atoms with Crippen LogP contribution in [-0.2, 0) is 0 Å². The van der Waals surface area contributed by atoms with Crippen LogP contribution in [0.4, 0.5) is 5.82 Å². The summed E-state index contributed by atoms with van der Waals surface area (Å²) in [6.45, 7) is 6.19. The van der Waals surface area contributed by atoms with Gasteiger partial charge in [-0.2, -0.15) is 0 Å². The zero-order valence-electron chi connectivity index (χ0n) is 10.2. The molecule has 0 saturated heterocycles. The first kappa shape index (κ1) is 12.1. The van der Waals surface area contributed by atoms with E-state index in [-0.39, 0.29) is 0 Å². The Labute approximate surface area is 106 Å². The van der Waals surface area contributed by atoms with Gasteiger partial charge in [0.05, 0.1) is 5.52 Å². The SMILES string of the molecule is Cc1cc2nc(NN)c(C(C)C)cc2cc1Cl. The van der Waals surface area contributed by atoms with Crippen molar-refractivity contribution in [1.82, 2.24) is 4.98 Å². The second kappa shape index (κ2) is 4.51. The molecular weight excluding hydrogens is 234 g/mol. The summed E-state index contributed by atoms with van der Waals surface area (Å²) in [5, 5.41) is 1.81. The van der Waals surface area contributed by atoms with Crippen molar-refractivity contribution in [2.75, 3.05) is 5.43 Å². The summed E-state index contributed by atoms with van der Waals surface area (Å²) in [5.74, 6) is 6.60. The Morgan fingerprint density at radius 1 is 1.29 bits per heavy atom. The fourth-order valence-electron chi connectivity index (χ4n) is 1.87. The van der Waals surface area contributed by atoms with Crippen molar-refractivity contribution >= 4 is 28.3 Å². The molecule has 0 aliphatic rings. The third-order valence-electron chi connectivity index (χ3n) is 2.88. The third-order valence-corrected chi connectivity index (χ3v) is 3.29. The van der Waals surface area contributed by atoms with Gasteiger partial charge in [0.15, 0.2) is 0 Å². The number of nitrogens with two attached hydrogens (primary N) is 1. The van der Waals surface area contributed by atoms with Gasteiger partial charge >= 0.3 is 0 Å². The van der Waals surface area contributed by atoms with Crippen molar-refractivity contribution in [3.63, 3.8) is 0 Å². The van der Waals surface area contributed by atoms with Crippen LogP contribution in [0.5, 0.6) is 0 Å². The summed E-state index contributed by atoms with van der Waals surface area (Å²) in [7, 11) is 0. The summed E-state index contributed by atoms with van der Waals surface area (Å²) in [6, 6.07) is 6.02. The standard InChI is InChI=1S/C13H16ClN3/c1-7(2)10-5-9-6-11(14)8(3)4-12(9)16-13(10)17-15/h4-7H,15H2,1-3H3,(H,16,17). The quantitative estimate of drug-likeness (QED) is 0.632. The van der Waals surface area contributed by atoms with Gasteiger partial charge in [0.1, 0.15) is 5.82 Å². The van der Waals surface area contributed by atoms with Crippen molar-refractivity contribution in [2.24, 2.45) is 5.84 Å². The molecule has 3 N–H and O–H groups in total. The van der Waals surface area contributed by atoms with E-state index in [0.717, 1.165) is 32.9 Å². The Hall–Kier alpha value is -1.32. The molecule has 90 valence electrons. The van der Waals surface area contributed by atoms with E-state index in [1.54, 1.807) is 0 Å². The van der Waals surface area contributed by atoms with E-state index in [4.69, 9.17) is 17.4 Å². The van der Waals surface area contributed by atoms with Gasteiger partial charge in [0, 0.05) is 10.4 Å². The molecule has 4 heteroatoms. The number of aryl methyl sites for hydroxylation is 1. The smallest absolute Gasteiger partial charge is 0.144 e. The molecule has 0 unspecified atom stereocenters. The van der Waals surface area contributed by atoms with Crippen LogP contribution in [0.3, 0.4) is 0 Å². The molecule has 17 heavy (non-hydrogen) atoms. The molecule has 0 bridgehead atoms. The summed E-state index contributed by atoms with van der Waals surface area (Å²) >= 11 is 6.13. The van der Waals surface area contributed by atoms with Gasteiger partial charge in [0.2, 0.25) is 0 Å². The maximum absolute atomic E-state index is 6.13. The van der Waals surface area contributed by atoms with Crippen molar-refractivity contribution in [3.05, 3.63) is 34.3 Å².